The Bertz CT molecular complexity index is 794. The first-order valence-corrected chi connectivity index (χ1v) is 9.85. The molecule has 0 aromatic heterocycles. The quantitative estimate of drug-likeness (QED) is 0.349. The summed E-state index contributed by atoms with van der Waals surface area (Å²) in [6.45, 7) is 5.42. The van der Waals surface area contributed by atoms with Gasteiger partial charge >= 0.3 is 0 Å². The number of hydrogen-bond donors (Lipinski definition) is 2. The number of guanidine groups is 1. The van der Waals surface area contributed by atoms with Crippen LogP contribution in [0, 0.1) is 0 Å². The van der Waals surface area contributed by atoms with Crippen molar-refractivity contribution in [3.63, 3.8) is 0 Å². The van der Waals surface area contributed by atoms with E-state index in [1.807, 2.05) is 86.7 Å². The van der Waals surface area contributed by atoms with Crippen molar-refractivity contribution in [2.45, 2.75) is 13.8 Å². The molecule has 0 heterocycles. The lowest BCUT2D eigenvalue weighted by Gasteiger charge is -2.07. The van der Waals surface area contributed by atoms with Crippen molar-refractivity contribution in [3.05, 3.63) is 81.9 Å². The maximum Gasteiger partial charge on any atom is 0.212 e. The lowest BCUT2D eigenvalue weighted by molar-refractivity contribution is 0.861. The Balaban J connectivity index is 2.22. The largest absolute Gasteiger partial charge is 0.355 e. The number of aliphatic imine (C=N–C) groups is 1. The van der Waals surface area contributed by atoms with E-state index >= 15 is 0 Å². The van der Waals surface area contributed by atoms with Crippen molar-refractivity contribution in [2.24, 2.45) is 10.1 Å². The minimum Gasteiger partial charge on any atom is -0.355 e. The average molecular weight is 415 g/mol. The molecular weight excluding hydrogens is 391 g/mol. The maximum atomic E-state index is 5.95. The van der Waals surface area contributed by atoms with Crippen molar-refractivity contribution in [2.75, 3.05) is 13.1 Å². The summed E-state index contributed by atoms with van der Waals surface area (Å²) >= 11 is 11.9. The molecule has 0 spiro atoms. The number of allylic oxidation sites excluding steroid dienone is 2. The van der Waals surface area contributed by atoms with Gasteiger partial charge in [0.2, 0.25) is 5.96 Å². The van der Waals surface area contributed by atoms with Crippen LogP contribution in [0.2, 0.25) is 10.0 Å². The summed E-state index contributed by atoms with van der Waals surface area (Å²) in [6.07, 6.45) is 7.82. The van der Waals surface area contributed by atoms with E-state index in [0.717, 1.165) is 23.4 Å². The first kappa shape index (κ1) is 21.7. The molecule has 0 aliphatic heterocycles. The second-order valence-corrected chi connectivity index (χ2v) is 6.64. The summed E-state index contributed by atoms with van der Waals surface area (Å²) in [7, 11) is 0. The van der Waals surface area contributed by atoms with Crippen molar-refractivity contribution in [1.82, 2.24) is 10.7 Å². The topological polar surface area (TPSA) is 48.8 Å². The summed E-state index contributed by atoms with van der Waals surface area (Å²) in [5, 5.41) is 9.05. The van der Waals surface area contributed by atoms with Gasteiger partial charge in [-0.25, -0.2) is 5.43 Å². The maximum absolute atomic E-state index is 5.95. The van der Waals surface area contributed by atoms with Gasteiger partial charge in [-0.15, -0.1) is 0 Å². The summed E-state index contributed by atoms with van der Waals surface area (Å²) in [5.74, 6) is 0.641. The zero-order valence-corrected chi connectivity index (χ0v) is 17.5. The molecule has 0 saturated heterocycles. The SMILES string of the molecule is CCN=C(NCC)NN=C(C=Cc1ccc(Cl)cc1)C=Cc1ccc(Cl)cc1. The molecule has 0 radical (unpaired) electrons. The Morgan fingerprint density at radius 1 is 0.857 bits per heavy atom. The van der Waals surface area contributed by atoms with Crippen molar-refractivity contribution in [1.29, 1.82) is 0 Å². The molecule has 0 fully saturated rings. The molecule has 0 saturated carbocycles. The van der Waals surface area contributed by atoms with Gasteiger partial charge in [0.25, 0.3) is 0 Å². The number of hydrazone groups is 1. The van der Waals surface area contributed by atoms with Crippen molar-refractivity contribution < 1.29 is 0 Å². The van der Waals surface area contributed by atoms with E-state index in [1.54, 1.807) is 0 Å². The highest BCUT2D eigenvalue weighted by molar-refractivity contribution is 6.30. The van der Waals surface area contributed by atoms with E-state index in [9.17, 15) is 0 Å². The van der Waals surface area contributed by atoms with Gasteiger partial charge in [-0.05, 0) is 61.4 Å². The Hall–Kier alpha value is -2.56. The molecule has 0 aliphatic carbocycles. The molecule has 28 heavy (non-hydrogen) atoms. The predicted molar refractivity (Wildman–Crippen MR) is 123 cm³/mol. The van der Waals surface area contributed by atoms with E-state index < -0.39 is 0 Å². The molecule has 2 N–H and O–H groups in total. The van der Waals surface area contributed by atoms with Gasteiger partial charge in [0.1, 0.15) is 0 Å². The monoisotopic (exact) mass is 414 g/mol. The number of nitrogens with one attached hydrogen (secondary N) is 2. The first-order valence-electron chi connectivity index (χ1n) is 9.10. The van der Waals surface area contributed by atoms with Crippen LogP contribution in [0.3, 0.4) is 0 Å². The minimum absolute atomic E-state index is 0.641. The minimum atomic E-state index is 0.641. The second kappa shape index (κ2) is 12.0. The number of hydrogen-bond acceptors (Lipinski definition) is 2. The predicted octanol–water partition coefficient (Wildman–Crippen LogP) is 5.65. The fourth-order valence-corrected chi connectivity index (χ4v) is 2.47. The Morgan fingerprint density at radius 3 is 1.79 bits per heavy atom. The number of nitrogens with zero attached hydrogens (tertiary/aromatic N) is 2. The van der Waals surface area contributed by atoms with Crippen LogP contribution >= 0.6 is 23.2 Å². The molecule has 0 bridgehead atoms. The lowest BCUT2D eigenvalue weighted by Crippen LogP contribution is -2.34. The Morgan fingerprint density at radius 2 is 1.36 bits per heavy atom. The molecule has 0 aliphatic rings. The third-order valence-electron chi connectivity index (χ3n) is 3.58. The van der Waals surface area contributed by atoms with Crippen molar-refractivity contribution >= 4 is 47.0 Å². The summed E-state index contributed by atoms with van der Waals surface area (Å²) in [6, 6.07) is 15.2. The lowest BCUT2D eigenvalue weighted by atomic mass is 10.1. The van der Waals surface area contributed by atoms with Crippen LogP contribution < -0.4 is 10.7 Å². The van der Waals surface area contributed by atoms with Gasteiger partial charge in [0.05, 0.1) is 5.71 Å². The normalized spacial score (nSPS) is 11.8. The Labute approximate surface area is 176 Å². The van der Waals surface area contributed by atoms with E-state index in [1.165, 1.54) is 0 Å². The van der Waals surface area contributed by atoms with Crippen molar-refractivity contribution in [3.8, 4) is 0 Å². The number of halogens is 2. The van der Waals surface area contributed by atoms with E-state index in [4.69, 9.17) is 23.2 Å². The van der Waals surface area contributed by atoms with Crippen LogP contribution in [-0.4, -0.2) is 24.8 Å². The van der Waals surface area contributed by atoms with Crippen LogP contribution in [0.25, 0.3) is 12.2 Å². The first-order chi connectivity index (χ1) is 13.6. The highest BCUT2D eigenvalue weighted by Gasteiger charge is 1.96. The van der Waals surface area contributed by atoms with Gasteiger partial charge in [-0.1, -0.05) is 59.6 Å². The molecule has 6 heteroatoms. The van der Waals surface area contributed by atoms with Crippen LogP contribution in [0.4, 0.5) is 0 Å². The standard InChI is InChI=1S/C22H24Cl2N4/c1-3-25-22(26-4-2)28-27-21(15-9-17-5-11-19(23)12-6-17)16-10-18-7-13-20(24)14-8-18/h5-16H,3-4H2,1-2H3,(H2,25,26,28). The average Bonchev–Trinajstić information content (AvgIpc) is 2.70. The number of rotatable bonds is 7. The third kappa shape index (κ3) is 7.99. The summed E-state index contributed by atoms with van der Waals surface area (Å²) < 4.78 is 0. The summed E-state index contributed by atoms with van der Waals surface area (Å²) in [5.41, 5.74) is 5.80. The summed E-state index contributed by atoms with van der Waals surface area (Å²) in [4.78, 5) is 4.35. The molecule has 0 atom stereocenters. The van der Waals surface area contributed by atoms with E-state index in [2.05, 4.69) is 20.8 Å². The number of benzene rings is 2. The smallest absolute Gasteiger partial charge is 0.212 e. The zero-order valence-electron chi connectivity index (χ0n) is 16.0. The molecule has 146 valence electrons. The van der Waals surface area contributed by atoms with E-state index in [0.29, 0.717) is 22.5 Å². The van der Waals surface area contributed by atoms with Gasteiger partial charge in [0.15, 0.2) is 0 Å². The highest BCUT2D eigenvalue weighted by atomic mass is 35.5. The molecule has 2 aromatic rings. The van der Waals surface area contributed by atoms with Gasteiger partial charge < -0.3 is 5.32 Å². The van der Waals surface area contributed by atoms with Gasteiger partial charge in [-0.3, -0.25) is 4.99 Å². The van der Waals surface area contributed by atoms with Crippen LogP contribution in [0.1, 0.15) is 25.0 Å². The van der Waals surface area contributed by atoms with Crippen LogP contribution in [0.15, 0.2) is 70.8 Å². The second-order valence-electron chi connectivity index (χ2n) is 5.77. The Kier molecular flexibility index (Phi) is 9.32. The molecule has 0 amide bonds. The highest BCUT2D eigenvalue weighted by Crippen LogP contribution is 2.12. The fraction of sp³-hybridized carbons (Fsp3) is 0.182. The van der Waals surface area contributed by atoms with Crippen LogP contribution in [-0.2, 0) is 0 Å². The molecule has 2 rings (SSSR count). The zero-order chi connectivity index (χ0) is 20.2. The molecule has 2 aromatic carbocycles. The van der Waals surface area contributed by atoms with Crippen LogP contribution in [0.5, 0.6) is 0 Å². The molecule has 0 unspecified atom stereocenters. The molecular formula is C22H24Cl2N4. The fourth-order valence-electron chi connectivity index (χ4n) is 2.21. The van der Waals surface area contributed by atoms with Gasteiger partial charge in [-0.2, -0.15) is 5.10 Å². The van der Waals surface area contributed by atoms with E-state index in [-0.39, 0.29) is 0 Å². The van der Waals surface area contributed by atoms with Gasteiger partial charge in [0, 0.05) is 23.1 Å². The third-order valence-corrected chi connectivity index (χ3v) is 4.09. The molecule has 4 nitrogen and oxygen atoms in total.